The number of hydrogen-bond donors (Lipinski definition) is 1. The summed E-state index contributed by atoms with van der Waals surface area (Å²) in [5, 5.41) is 4.60. The summed E-state index contributed by atoms with van der Waals surface area (Å²) < 4.78 is 11.2. The summed E-state index contributed by atoms with van der Waals surface area (Å²) in [6.07, 6.45) is 0. The van der Waals surface area contributed by atoms with Gasteiger partial charge in [-0.15, -0.1) is 11.3 Å². The largest absolute Gasteiger partial charge is 0.497 e. The Morgan fingerprint density at radius 1 is 1.16 bits per heavy atom. The Hall–Kier alpha value is -1.53. The van der Waals surface area contributed by atoms with E-state index in [1.54, 1.807) is 43.9 Å². The summed E-state index contributed by atoms with van der Waals surface area (Å²) in [6.45, 7) is 0. The van der Waals surface area contributed by atoms with Crippen LogP contribution in [0, 0.1) is 0 Å². The maximum Gasteiger partial charge on any atom is 0.256 e. The number of anilines is 1. The summed E-state index contributed by atoms with van der Waals surface area (Å²) in [7, 11) is 3.13. The van der Waals surface area contributed by atoms with Crippen molar-refractivity contribution in [3.05, 3.63) is 39.0 Å². The molecule has 0 unspecified atom stereocenters. The van der Waals surface area contributed by atoms with Gasteiger partial charge < -0.3 is 14.8 Å². The van der Waals surface area contributed by atoms with E-state index in [-0.39, 0.29) is 5.91 Å². The summed E-state index contributed by atoms with van der Waals surface area (Å²) in [5.41, 5.74) is 1.24. The molecule has 0 aliphatic rings. The molecular weight excluding hydrogens is 330 g/mol. The molecule has 1 aromatic carbocycles. The summed E-state index contributed by atoms with van der Waals surface area (Å²) in [4.78, 5) is 12.0. The van der Waals surface area contributed by atoms with E-state index in [4.69, 9.17) is 9.47 Å². The minimum atomic E-state index is -0.169. The number of thiophene rings is 1. The van der Waals surface area contributed by atoms with E-state index in [0.717, 1.165) is 3.79 Å². The quantitative estimate of drug-likeness (QED) is 0.920. The van der Waals surface area contributed by atoms with Crippen LogP contribution in [0.2, 0.25) is 0 Å². The lowest BCUT2D eigenvalue weighted by Gasteiger charge is -2.09. The minimum Gasteiger partial charge on any atom is -0.497 e. The molecule has 2 rings (SSSR count). The van der Waals surface area contributed by atoms with Gasteiger partial charge in [-0.05, 0) is 22.0 Å². The lowest BCUT2D eigenvalue weighted by atomic mass is 10.2. The first-order valence-corrected chi connectivity index (χ1v) is 7.08. The van der Waals surface area contributed by atoms with Gasteiger partial charge in [-0.2, -0.15) is 0 Å². The average Bonchev–Trinajstić information content (AvgIpc) is 2.85. The molecule has 19 heavy (non-hydrogen) atoms. The van der Waals surface area contributed by atoms with Gasteiger partial charge in [-0.3, -0.25) is 4.79 Å². The van der Waals surface area contributed by atoms with Crippen LogP contribution in [-0.4, -0.2) is 20.1 Å². The van der Waals surface area contributed by atoms with Gasteiger partial charge in [0, 0.05) is 29.3 Å². The Bertz CT molecular complexity index is 575. The molecule has 1 amide bonds. The zero-order chi connectivity index (χ0) is 13.8. The van der Waals surface area contributed by atoms with Crippen molar-refractivity contribution < 1.29 is 14.3 Å². The second kappa shape index (κ2) is 6.08. The van der Waals surface area contributed by atoms with Crippen LogP contribution in [0.3, 0.4) is 0 Å². The van der Waals surface area contributed by atoms with E-state index in [1.807, 2.05) is 0 Å². The lowest BCUT2D eigenvalue weighted by molar-refractivity contribution is 0.102. The van der Waals surface area contributed by atoms with E-state index in [0.29, 0.717) is 22.7 Å². The van der Waals surface area contributed by atoms with Crippen LogP contribution in [-0.2, 0) is 0 Å². The molecule has 2 aromatic rings. The monoisotopic (exact) mass is 341 g/mol. The number of amides is 1. The Balaban J connectivity index is 2.20. The number of rotatable bonds is 4. The molecule has 1 aromatic heterocycles. The maximum absolute atomic E-state index is 12.0. The molecule has 0 radical (unpaired) electrons. The molecule has 0 atom stereocenters. The molecule has 0 saturated heterocycles. The van der Waals surface area contributed by atoms with Crippen molar-refractivity contribution in [3.63, 3.8) is 0 Å². The SMILES string of the molecule is COc1cc(NC(=O)c2csc(Br)c2)cc(OC)c1. The third kappa shape index (κ3) is 3.48. The number of ether oxygens (including phenoxy) is 2. The fraction of sp³-hybridized carbons (Fsp3) is 0.154. The van der Waals surface area contributed by atoms with Crippen LogP contribution < -0.4 is 14.8 Å². The highest BCUT2D eigenvalue weighted by molar-refractivity contribution is 9.11. The number of methoxy groups -OCH3 is 2. The molecule has 6 heteroatoms. The molecule has 0 spiro atoms. The van der Waals surface area contributed by atoms with Gasteiger partial charge in [-0.25, -0.2) is 0 Å². The van der Waals surface area contributed by atoms with Gasteiger partial charge in [0.25, 0.3) is 5.91 Å². The molecule has 0 aliphatic heterocycles. The van der Waals surface area contributed by atoms with E-state index in [9.17, 15) is 4.79 Å². The number of nitrogens with one attached hydrogen (secondary N) is 1. The highest BCUT2D eigenvalue weighted by atomic mass is 79.9. The topological polar surface area (TPSA) is 47.6 Å². The van der Waals surface area contributed by atoms with Crippen molar-refractivity contribution >= 4 is 38.9 Å². The van der Waals surface area contributed by atoms with Crippen LogP contribution >= 0.6 is 27.3 Å². The molecule has 100 valence electrons. The Labute approximate surface area is 123 Å². The summed E-state index contributed by atoms with van der Waals surface area (Å²) >= 11 is 4.80. The van der Waals surface area contributed by atoms with Gasteiger partial charge in [0.05, 0.1) is 23.6 Å². The molecule has 0 fully saturated rings. The number of carbonyl (C=O) groups excluding carboxylic acids is 1. The van der Waals surface area contributed by atoms with E-state index < -0.39 is 0 Å². The maximum atomic E-state index is 12.0. The second-order valence-corrected chi connectivity index (χ2v) is 5.99. The molecule has 0 bridgehead atoms. The van der Waals surface area contributed by atoms with Crippen LogP contribution in [0.5, 0.6) is 11.5 Å². The molecule has 0 saturated carbocycles. The van der Waals surface area contributed by atoms with E-state index >= 15 is 0 Å². The number of benzene rings is 1. The van der Waals surface area contributed by atoms with Crippen molar-refractivity contribution in [3.8, 4) is 11.5 Å². The van der Waals surface area contributed by atoms with Gasteiger partial charge in [0.2, 0.25) is 0 Å². The van der Waals surface area contributed by atoms with Crippen molar-refractivity contribution in [2.75, 3.05) is 19.5 Å². The predicted octanol–water partition coefficient (Wildman–Crippen LogP) is 3.78. The Morgan fingerprint density at radius 3 is 2.26 bits per heavy atom. The van der Waals surface area contributed by atoms with Gasteiger partial charge >= 0.3 is 0 Å². The van der Waals surface area contributed by atoms with Crippen molar-refractivity contribution in [1.29, 1.82) is 0 Å². The molecular formula is C13H12BrNO3S. The number of hydrogen-bond acceptors (Lipinski definition) is 4. The predicted molar refractivity (Wildman–Crippen MR) is 79.5 cm³/mol. The van der Waals surface area contributed by atoms with Crippen LogP contribution in [0.15, 0.2) is 33.4 Å². The van der Waals surface area contributed by atoms with Crippen LogP contribution in [0.1, 0.15) is 10.4 Å². The molecule has 1 heterocycles. The smallest absolute Gasteiger partial charge is 0.256 e. The normalized spacial score (nSPS) is 10.1. The highest BCUT2D eigenvalue weighted by Crippen LogP contribution is 2.27. The van der Waals surface area contributed by atoms with E-state index in [2.05, 4.69) is 21.2 Å². The van der Waals surface area contributed by atoms with Gasteiger partial charge in [-0.1, -0.05) is 0 Å². The fourth-order valence-electron chi connectivity index (χ4n) is 1.51. The Morgan fingerprint density at radius 2 is 1.79 bits per heavy atom. The Kier molecular flexibility index (Phi) is 4.44. The number of halogens is 1. The van der Waals surface area contributed by atoms with Crippen molar-refractivity contribution in [2.24, 2.45) is 0 Å². The van der Waals surface area contributed by atoms with Crippen molar-refractivity contribution in [2.45, 2.75) is 0 Å². The van der Waals surface area contributed by atoms with Crippen molar-refractivity contribution in [1.82, 2.24) is 0 Å². The molecule has 4 nitrogen and oxygen atoms in total. The van der Waals surface area contributed by atoms with Crippen LogP contribution in [0.4, 0.5) is 5.69 Å². The van der Waals surface area contributed by atoms with Gasteiger partial charge in [0.15, 0.2) is 0 Å². The summed E-state index contributed by atoms with van der Waals surface area (Å²) in [6, 6.07) is 7.00. The fourth-order valence-corrected chi connectivity index (χ4v) is 2.65. The highest BCUT2D eigenvalue weighted by Gasteiger charge is 2.10. The van der Waals surface area contributed by atoms with Crippen LogP contribution in [0.25, 0.3) is 0 Å². The summed E-state index contributed by atoms with van der Waals surface area (Å²) in [5.74, 6) is 1.08. The minimum absolute atomic E-state index is 0.169. The average molecular weight is 342 g/mol. The first-order chi connectivity index (χ1) is 9.12. The first-order valence-electron chi connectivity index (χ1n) is 5.41. The molecule has 1 N–H and O–H groups in total. The van der Waals surface area contributed by atoms with Gasteiger partial charge in [0.1, 0.15) is 11.5 Å². The zero-order valence-electron chi connectivity index (χ0n) is 10.4. The first kappa shape index (κ1) is 13.9. The standard InChI is InChI=1S/C13H12BrNO3S/c1-17-10-4-9(5-11(6-10)18-2)15-13(16)8-3-12(14)19-7-8/h3-7H,1-2H3,(H,15,16). The second-order valence-electron chi connectivity index (χ2n) is 3.69. The number of carbonyl (C=O) groups is 1. The zero-order valence-corrected chi connectivity index (χ0v) is 12.8. The third-order valence-corrected chi connectivity index (χ3v) is 3.94. The molecule has 0 aliphatic carbocycles. The van der Waals surface area contributed by atoms with E-state index in [1.165, 1.54) is 11.3 Å². The third-order valence-electron chi connectivity index (χ3n) is 2.44. The lowest BCUT2D eigenvalue weighted by Crippen LogP contribution is -2.10.